The maximum atomic E-state index is 14.1. The number of hydrogen-bond donors (Lipinski definition) is 1. The summed E-state index contributed by atoms with van der Waals surface area (Å²) in [4.78, 5) is 20.9. The largest absolute Gasteiger partial charge is 0.496 e. The van der Waals surface area contributed by atoms with Gasteiger partial charge < -0.3 is 14.6 Å². The minimum absolute atomic E-state index is 0.278. The molecule has 0 saturated heterocycles. The van der Waals surface area contributed by atoms with E-state index in [-0.39, 0.29) is 5.91 Å². The highest BCUT2D eigenvalue weighted by Gasteiger charge is 2.16. The summed E-state index contributed by atoms with van der Waals surface area (Å²) in [7, 11) is 3.32. The maximum absolute atomic E-state index is 14.1. The Balaban J connectivity index is 1.70. The summed E-state index contributed by atoms with van der Waals surface area (Å²) in [5.41, 5.74) is 2.88. The zero-order chi connectivity index (χ0) is 19.7. The molecule has 6 nitrogen and oxygen atoms in total. The number of carbonyl (C=O) groups is 1. The molecule has 7 heteroatoms. The predicted molar refractivity (Wildman–Crippen MR) is 105 cm³/mol. The van der Waals surface area contributed by atoms with Gasteiger partial charge in [0.25, 0.3) is 5.91 Å². The smallest absolute Gasteiger partial charge is 0.259 e. The monoisotopic (exact) mass is 376 g/mol. The lowest BCUT2D eigenvalue weighted by atomic mass is 10.2. The molecule has 0 bridgehead atoms. The molecule has 2 aromatic heterocycles. The number of halogens is 1. The minimum atomic E-state index is -0.439. The number of para-hydroxylation sites is 1. The van der Waals surface area contributed by atoms with Crippen LogP contribution in [-0.2, 0) is 7.05 Å². The van der Waals surface area contributed by atoms with Crippen LogP contribution in [0.15, 0.2) is 60.9 Å². The molecule has 0 atom stereocenters. The van der Waals surface area contributed by atoms with E-state index in [0.717, 1.165) is 11.7 Å². The van der Waals surface area contributed by atoms with Crippen LogP contribution in [0.4, 0.5) is 10.1 Å². The molecule has 2 heterocycles. The number of nitrogens with zero attached hydrogens (tertiary/aromatic N) is 3. The normalized spacial score (nSPS) is 10.8. The summed E-state index contributed by atoms with van der Waals surface area (Å²) in [6.07, 6.45) is 2.68. The number of rotatable bonds is 4. The molecule has 0 aliphatic rings. The van der Waals surface area contributed by atoms with Gasteiger partial charge >= 0.3 is 0 Å². The molecule has 0 saturated carbocycles. The van der Waals surface area contributed by atoms with Gasteiger partial charge in [0.2, 0.25) is 0 Å². The van der Waals surface area contributed by atoms with Crippen molar-refractivity contribution in [1.29, 1.82) is 0 Å². The van der Waals surface area contributed by atoms with Crippen LogP contribution < -0.4 is 10.1 Å². The average Bonchev–Trinajstić information content (AvgIpc) is 3.04. The number of imidazole rings is 1. The van der Waals surface area contributed by atoms with E-state index in [2.05, 4.69) is 15.3 Å². The lowest BCUT2D eigenvalue weighted by Gasteiger charge is -2.09. The molecule has 140 valence electrons. The number of anilines is 1. The van der Waals surface area contributed by atoms with Crippen molar-refractivity contribution in [3.05, 3.63) is 72.3 Å². The first-order valence-electron chi connectivity index (χ1n) is 8.59. The van der Waals surface area contributed by atoms with Gasteiger partial charge in [-0.2, -0.15) is 0 Å². The Bertz CT molecular complexity index is 1190. The number of pyridine rings is 1. The van der Waals surface area contributed by atoms with E-state index >= 15 is 0 Å². The number of hydrogen-bond acceptors (Lipinski definition) is 4. The molecule has 0 spiro atoms. The highest BCUT2D eigenvalue weighted by atomic mass is 19.1. The van der Waals surface area contributed by atoms with Crippen LogP contribution in [0.3, 0.4) is 0 Å². The molecule has 2 aromatic carbocycles. The van der Waals surface area contributed by atoms with Crippen LogP contribution in [0, 0.1) is 5.82 Å². The van der Waals surface area contributed by atoms with Crippen molar-refractivity contribution in [3.8, 4) is 17.1 Å². The van der Waals surface area contributed by atoms with E-state index in [0.29, 0.717) is 33.9 Å². The van der Waals surface area contributed by atoms with Gasteiger partial charge in [-0.3, -0.25) is 9.78 Å². The Kier molecular flexibility index (Phi) is 4.49. The topological polar surface area (TPSA) is 69.0 Å². The second-order valence-corrected chi connectivity index (χ2v) is 6.21. The first-order chi connectivity index (χ1) is 13.6. The Morgan fingerprint density at radius 3 is 2.79 bits per heavy atom. The molecular weight excluding hydrogens is 359 g/mol. The Morgan fingerprint density at radius 1 is 1.18 bits per heavy atom. The number of nitrogens with one attached hydrogen (secondary N) is 1. The van der Waals surface area contributed by atoms with Gasteiger partial charge in [-0.25, -0.2) is 9.37 Å². The molecule has 1 amide bonds. The second kappa shape index (κ2) is 7.11. The highest BCUT2D eigenvalue weighted by Crippen LogP contribution is 2.27. The second-order valence-electron chi connectivity index (χ2n) is 6.21. The molecule has 0 aliphatic heterocycles. The first-order valence-corrected chi connectivity index (χ1v) is 8.59. The van der Waals surface area contributed by atoms with Crippen molar-refractivity contribution in [3.63, 3.8) is 0 Å². The number of methoxy groups -OCH3 is 1. The fourth-order valence-corrected chi connectivity index (χ4v) is 3.10. The Labute approximate surface area is 160 Å². The van der Waals surface area contributed by atoms with E-state index in [1.807, 2.05) is 0 Å². The van der Waals surface area contributed by atoms with Gasteiger partial charge in [0.1, 0.15) is 11.6 Å². The zero-order valence-corrected chi connectivity index (χ0v) is 15.3. The third-order valence-corrected chi connectivity index (χ3v) is 4.50. The van der Waals surface area contributed by atoms with Gasteiger partial charge in [-0.15, -0.1) is 0 Å². The number of fused-ring (bicyclic) bond motifs is 1. The van der Waals surface area contributed by atoms with Crippen molar-refractivity contribution in [2.75, 3.05) is 12.4 Å². The lowest BCUT2D eigenvalue weighted by molar-refractivity contribution is 0.102. The summed E-state index contributed by atoms with van der Waals surface area (Å²) >= 11 is 0. The SMILES string of the molecule is COc1ccccc1C(=O)Nc1ccc2nc(-c3ccncc3F)n(C)c2c1. The number of aryl methyl sites for hydroxylation is 1. The molecule has 1 N–H and O–H groups in total. The predicted octanol–water partition coefficient (Wildman–Crippen LogP) is 4.04. The molecule has 0 fully saturated rings. The summed E-state index contributed by atoms with van der Waals surface area (Å²) < 4.78 is 21.1. The van der Waals surface area contributed by atoms with Crippen LogP contribution in [0.5, 0.6) is 5.75 Å². The fourth-order valence-electron chi connectivity index (χ4n) is 3.10. The van der Waals surface area contributed by atoms with Crippen LogP contribution in [0.25, 0.3) is 22.4 Å². The molecule has 4 rings (SSSR count). The van der Waals surface area contributed by atoms with Crippen molar-refractivity contribution < 1.29 is 13.9 Å². The number of carbonyl (C=O) groups excluding carboxylic acids is 1. The fraction of sp³-hybridized carbons (Fsp3) is 0.0952. The van der Waals surface area contributed by atoms with Crippen LogP contribution in [0.2, 0.25) is 0 Å². The lowest BCUT2D eigenvalue weighted by Crippen LogP contribution is -2.13. The first kappa shape index (κ1) is 17.7. The van der Waals surface area contributed by atoms with E-state index < -0.39 is 5.82 Å². The number of ether oxygens (including phenoxy) is 1. The summed E-state index contributed by atoms with van der Waals surface area (Å²) in [6.45, 7) is 0. The van der Waals surface area contributed by atoms with Crippen molar-refractivity contribution in [1.82, 2.24) is 14.5 Å². The van der Waals surface area contributed by atoms with E-state index in [9.17, 15) is 9.18 Å². The van der Waals surface area contributed by atoms with E-state index in [4.69, 9.17) is 4.74 Å². The summed E-state index contributed by atoms with van der Waals surface area (Å²) in [6, 6.07) is 13.9. The summed E-state index contributed by atoms with van der Waals surface area (Å²) in [5, 5.41) is 2.87. The maximum Gasteiger partial charge on any atom is 0.259 e. The molecule has 0 unspecified atom stereocenters. The van der Waals surface area contributed by atoms with Gasteiger partial charge in [-0.1, -0.05) is 12.1 Å². The number of aromatic nitrogens is 3. The molecule has 28 heavy (non-hydrogen) atoms. The summed E-state index contributed by atoms with van der Waals surface area (Å²) in [5.74, 6) is 0.269. The van der Waals surface area contributed by atoms with E-state index in [1.54, 1.807) is 60.1 Å². The number of amides is 1. The quantitative estimate of drug-likeness (QED) is 0.584. The van der Waals surface area contributed by atoms with Crippen molar-refractivity contribution in [2.24, 2.45) is 7.05 Å². The van der Waals surface area contributed by atoms with Crippen LogP contribution in [0.1, 0.15) is 10.4 Å². The standard InChI is InChI=1S/C21H17FN4O2/c1-26-18-11-13(24-21(27)15-5-3-4-6-19(15)28-2)7-8-17(18)25-20(26)14-9-10-23-12-16(14)22/h3-12H,1-2H3,(H,24,27). The van der Waals surface area contributed by atoms with Crippen LogP contribution >= 0.6 is 0 Å². The van der Waals surface area contributed by atoms with Gasteiger partial charge in [0.15, 0.2) is 5.82 Å². The van der Waals surface area contributed by atoms with Gasteiger partial charge in [0, 0.05) is 18.9 Å². The van der Waals surface area contributed by atoms with Crippen LogP contribution in [-0.4, -0.2) is 27.6 Å². The van der Waals surface area contributed by atoms with Crippen molar-refractivity contribution >= 4 is 22.6 Å². The third-order valence-electron chi connectivity index (χ3n) is 4.50. The molecular formula is C21H17FN4O2. The van der Waals surface area contributed by atoms with Gasteiger partial charge in [0.05, 0.1) is 35.5 Å². The van der Waals surface area contributed by atoms with Crippen molar-refractivity contribution in [2.45, 2.75) is 0 Å². The zero-order valence-electron chi connectivity index (χ0n) is 15.3. The van der Waals surface area contributed by atoms with E-state index in [1.165, 1.54) is 13.3 Å². The Hall–Kier alpha value is -3.74. The average molecular weight is 376 g/mol. The molecule has 0 radical (unpaired) electrons. The molecule has 4 aromatic rings. The number of benzene rings is 2. The van der Waals surface area contributed by atoms with Gasteiger partial charge in [-0.05, 0) is 36.4 Å². The molecule has 0 aliphatic carbocycles. The third kappa shape index (κ3) is 3.07. The Morgan fingerprint density at radius 2 is 2.00 bits per heavy atom. The highest BCUT2D eigenvalue weighted by molar-refractivity contribution is 6.06. The minimum Gasteiger partial charge on any atom is -0.496 e.